The number of halogens is 1. The molecule has 0 bridgehead atoms. The Balaban J connectivity index is 2.17. The minimum Gasteiger partial charge on any atom is -0.241 e. The molecule has 0 aliphatic heterocycles. The van der Waals surface area contributed by atoms with Gasteiger partial charge in [0.1, 0.15) is 4.60 Å². The summed E-state index contributed by atoms with van der Waals surface area (Å²) in [6.45, 7) is 2.23. The van der Waals surface area contributed by atoms with Crippen LogP contribution in [0.2, 0.25) is 0 Å². The summed E-state index contributed by atoms with van der Waals surface area (Å²) in [5.41, 5.74) is 4.91. The highest BCUT2D eigenvalue weighted by atomic mass is 79.9. The molecule has 1 nitrogen and oxygen atoms in total. The Morgan fingerprint density at radius 2 is 1.81 bits per heavy atom. The molecule has 0 spiro atoms. The van der Waals surface area contributed by atoms with Crippen molar-refractivity contribution in [3.8, 4) is 11.1 Å². The average molecular weight is 340 g/mol. The van der Waals surface area contributed by atoms with Crippen LogP contribution in [-0.2, 0) is 6.42 Å². The molecule has 0 radical (unpaired) electrons. The highest BCUT2D eigenvalue weighted by molar-refractivity contribution is 9.10. The second-order valence-electron chi connectivity index (χ2n) is 5.31. The second-order valence-corrected chi connectivity index (χ2v) is 6.13. The maximum Gasteiger partial charge on any atom is 0.107 e. The van der Waals surface area contributed by atoms with Crippen LogP contribution in [-0.4, -0.2) is 4.98 Å². The number of hydrogen-bond donors (Lipinski definition) is 0. The van der Waals surface area contributed by atoms with E-state index in [4.69, 9.17) is 0 Å². The zero-order valence-corrected chi connectivity index (χ0v) is 13.7. The molecule has 0 unspecified atom stereocenters. The van der Waals surface area contributed by atoms with E-state index in [-0.39, 0.29) is 0 Å². The van der Waals surface area contributed by atoms with Crippen molar-refractivity contribution in [2.45, 2.75) is 26.2 Å². The van der Waals surface area contributed by atoms with Gasteiger partial charge in [0.15, 0.2) is 0 Å². The number of unbranched alkanes of at least 4 members (excludes halogenated alkanes) is 1. The van der Waals surface area contributed by atoms with E-state index in [0.29, 0.717) is 0 Å². The summed E-state index contributed by atoms with van der Waals surface area (Å²) in [4.78, 5) is 4.60. The van der Waals surface area contributed by atoms with Crippen molar-refractivity contribution in [1.29, 1.82) is 0 Å². The molecule has 0 aliphatic carbocycles. The Labute approximate surface area is 134 Å². The molecule has 0 atom stereocenters. The first-order chi connectivity index (χ1) is 10.3. The fourth-order valence-electron chi connectivity index (χ4n) is 2.63. The third-order valence-electron chi connectivity index (χ3n) is 3.75. The lowest BCUT2D eigenvalue weighted by atomic mass is 9.98. The summed E-state index contributed by atoms with van der Waals surface area (Å²) < 4.78 is 0.884. The summed E-state index contributed by atoms with van der Waals surface area (Å²) >= 11 is 3.53. The summed E-state index contributed by atoms with van der Waals surface area (Å²) in [6, 6.07) is 19.3. The molecule has 2 heteroatoms. The van der Waals surface area contributed by atoms with Crippen molar-refractivity contribution < 1.29 is 0 Å². The fraction of sp³-hybridized carbons (Fsp3) is 0.211. The molecule has 0 amide bonds. The number of aryl methyl sites for hydroxylation is 1. The third-order valence-corrected chi connectivity index (χ3v) is 4.15. The van der Waals surface area contributed by atoms with E-state index in [0.717, 1.165) is 16.5 Å². The first-order valence-electron chi connectivity index (χ1n) is 7.42. The van der Waals surface area contributed by atoms with Crippen molar-refractivity contribution >= 4 is 26.8 Å². The average Bonchev–Trinajstić information content (AvgIpc) is 2.53. The van der Waals surface area contributed by atoms with Crippen LogP contribution in [0.3, 0.4) is 0 Å². The molecular formula is C19H18BrN. The minimum atomic E-state index is 0.884. The number of pyridine rings is 1. The first kappa shape index (κ1) is 14.3. The van der Waals surface area contributed by atoms with Crippen LogP contribution in [0.1, 0.15) is 25.3 Å². The third kappa shape index (κ3) is 3.16. The molecule has 21 heavy (non-hydrogen) atoms. The summed E-state index contributed by atoms with van der Waals surface area (Å²) in [7, 11) is 0. The first-order valence-corrected chi connectivity index (χ1v) is 8.22. The molecule has 0 saturated carbocycles. The Bertz CT molecular complexity index is 750. The standard InChI is InChI=1S/C19H18BrN/c1-2-3-7-14-10-11-18-17(12-14)16(13-19(20)21-18)15-8-5-4-6-9-15/h4-6,8-13H,2-3,7H2,1H3. The lowest BCUT2D eigenvalue weighted by Crippen LogP contribution is -1.90. The van der Waals surface area contributed by atoms with Crippen molar-refractivity contribution in [3.63, 3.8) is 0 Å². The van der Waals surface area contributed by atoms with Gasteiger partial charge in [-0.15, -0.1) is 0 Å². The van der Waals surface area contributed by atoms with Gasteiger partial charge in [-0.25, -0.2) is 4.98 Å². The smallest absolute Gasteiger partial charge is 0.107 e. The van der Waals surface area contributed by atoms with Gasteiger partial charge in [-0.3, -0.25) is 0 Å². The van der Waals surface area contributed by atoms with Gasteiger partial charge < -0.3 is 0 Å². The predicted molar refractivity (Wildman–Crippen MR) is 93.5 cm³/mol. The Kier molecular flexibility index (Phi) is 4.35. The Morgan fingerprint density at radius 1 is 1.00 bits per heavy atom. The van der Waals surface area contributed by atoms with Crippen LogP contribution < -0.4 is 0 Å². The van der Waals surface area contributed by atoms with Gasteiger partial charge in [-0.1, -0.05) is 49.7 Å². The molecule has 106 valence electrons. The van der Waals surface area contributed by atoms with Gasteiger partial charge in [-0.2, -0.15) is 0 Å². The van der Waals surface area contributed by atoms with E-state index < -0.39 is 0 Å². The summed E-state index contributed by atoms with van der Waals surface area (Å²) in [5.74, 6) is 0. The molecular weight excluding hydrogens is 322 g/mol. The maximum atomic E-state index is 4.60. The van der Waals surface area contributed by atoms with E-state index >= 15 is 0 Å². The normalized spacial score (nSPS) is 11.0. The quantitative estimate of drug-likeness (QED) is 0.530. The van der Waals surface area contributed by atoms with Crippen LogP contribution >= 0.6 is 15.9 Å². The van der Waals surface area contributed by atoms with Crippen LogP contribution in [0.4, 0.5) is 0 Å². The van der Waals surface area contributed by atoms with Crippen LogP contribution in [0.5, 0.6) is 0 Å². The number of fused-ring (bicyclic) bond motifs is 1. The van der Waals surface area contributed by atoms with Crippen LogP contribution in [0.25, 0.3) is 22.0 Å². The van der Waals surface area contributed by atoms with E-state index in [1.165, 1.54) is 34.9 Å². The minimum absolute atomic E-state index is 0.884. The van der Waals surface area contributed by atoms with Crippen molar-refractivity contribution in [1.82, 2.24) is 4.98 Å². The summed E-state index contributed by atoms with van der Waals surface area (Å²) in [5, 5.41) is 1.23. The van der Waals surface area contributed by atoms with Crippen molar-refractivity contribution in [3.05, 3.63) is 64.8 Å². The number of nitrogens with zero attached hydrogens (tertiary/aromatic N) is 1. The molecule has 2 aromatic carbocycles. The van der Waals surface area contributed by atoms with Gasteiger partial charge in [-0.05, 0) is 63.7 Å². The summed E-state index contributed by atoms with van der Waals surface area (Å²) in [6.07, 6.45) is 3.59. The van der Waals surface area contributed by atoms with Gasteiger partial charge in [0, 0.05) is 5.39 Å². The molecule has 0 fully saturated rings. The monoisotopic (exact) mass is 339 g/mol. The highest BCUT2D eigenvalue weighted by Crippen LogP contribution is 2.31. The van der Waals surface area contributed by atoms with Gasteiger partial charge in [0.05, 0.1) is 5.52 Å². The van der Waals surface area contributed by atoms with E-state index in [9.17, 15) is 0 Å². The maximum absolute atomic E-state index is 4.60. The molecule has 1 aromatic heterocycles. The van der Waals surface area contributed by atoms with Crippen LogP contribution in [0, 0.1) is 0 Å². The molecule has 3 aromatic rings. The molecule has 0 N–H and O–H groups in total. The second kappa shape index (κ2) is 6.40. The Hall–Kier alpha value is -1.67. The number of rotatable bonds is 4. The van der Waals surface area contributed by atoms with Crippen molar-refractivity contribution in [2.24, 2.45) is 0 Å². The highest BCUT2D eigenvalue weighted by Gasteiger charge is 2.07. The molecule has 1 heterocycles. The predicted octanol–water partition coefficient (Wildman–Crippen LogP) is 6.01. The largest absolute Gasteiger partial charge is 0.241 e. The lowest BCUT2D eigenvalue weighted by molar-refractivity contribution is 0.796. The van der Waals surface area contributed by atoms with Gasteiger partial charge in [0.2, 0.25) is 0 Å². The number of aromatic nitrogens is 1. The van der Waals surface area contributed by atoms with Gasteiger partial charge >= 0.3 is 0 Å². The van der Waals surface area contributed by atoms with E-state index in [1.807, 2.05) is 0 Å². The van der Waals surface area contributed by atoms with Crippen molar-refractivity contribution in [2.75, 3.05) is 0 Å². The van der Waals surface area contributed by atoms with E-state index in [1.54, 1.807) is 0 Å². The lowest BCUT2D eigenvalue weighted by Gasteiger charge is -2.09. The fourth-order valence-corrected chi connectivity index (χ4v) is 3.05. The number of hydrogen-bond acceptors (Lipinski definition) is 1. The number of benzene rings is 2. The molecule has 0 saturated heterocycles. The zero-order chi connectivity index (χ0) is 14.7. The SMILES string of the molecule is CCCCc1ccc2nc(Br)cc(-c3ccccc3)c2c1. The van der Waals surface area contributed by atoms with Crippen LogP contribution in [0.15, 0.2) is 59.2 Å². The molecule has 3 rings (SSSR count). The molecule has 0 aliphatic rings. The zero-order valence-electron chi connectivity index (χ0n) is 12.1. The van der Waals surface area contributed by atoms with Gasteiger partial charge in [0.25, 0.3) is 0 Å². The van der Waals surface area contributed by atoms with E-state index in [2.05, 4.69) is 82.4 Å². The topological polar surface area (TPSA) is 12.9 Å². The Morgan fingerprint density at radius 3 is 2.57 bits per heavy atom.